The minimum atomic E-state index is -2.47. The first-order valence-corrected chi connectivity index (χ1v) is 16.0. The first-order valence-electron chi connectivity index (χ1n) is 14.1. The van der Waals surface area contributed by atoms with Crippen LogP contribution in [0, 0.1) is 0 Å². The van der Waals surface area contributed by atoms with E-state index in [0.29, 0.717) is 0 Å². The van der Waals surface area contributed by atoms with Gasteiger partial charge in [-0.1, -0.05) is 78.6 Å². The Hall–Kier alpha value is 0.787. The zero-order chi connectivity index (χ0) is 24.0. The number of hydrogen-bond donors (Lipinski definition) is 0. The van der Waals surface area contributed by atoms with Crippen LogP contribution in [0.4, 0.5) is 0 Å². The molecule has 6 heteroatoms. The summed E-state index contributed by atoms with van der Waals surface area (Å²) >= 11 is 0. The maximum Gasteiger partial charge on any atom is 0.500 e. The molecular weight excluding hydrogens is 541 g/mol. The Morgan fingerprint density at radius 1 is 0.455 bits per heavy atom. The van der Waals surface area contributed by atoms with Gasteiger partial charge in [0.25, 0.3) is 0 Å². The Morgan fingerprint density at radius 3 is 1.06 bits per heavy atom. The van der Waals surface area contributed by atoms with Gasteiger partial charge < -0.3 is 41.7 Å². The summed E-state index contributed by atoms with van der Waals surface area (Å²) in [4.78, 5) is 0. The summed E-state index contributed by atoms with van der Waals surface area (Å²) in [5.74, 6) is 0. The number of unbranched alkanes of at least 4 members (excludes halogenated alkanes) is 12. The van der Waals surface area contributed by atoms with Gasteiger partial charge in [-0.3, -0.25) is 0 Å². The number of nitrogens with zero attached hydrogens (tertiary/aromatic N) is 1. The van der Waals surface area contributed by atoms with Crippen LogP contribution in [0.1, 0.15) is 124 Å². The number of rotatable bonds is 25. The smallest absolute Gasteiger partial charge is 0.500 e. The molecular formula is C27H60INO3Si. The predicted molar refractivity (Wildman–Crippen MR) is 142 cm³/mol. The molecule has 0 aliphatic heterocycles. The lowest BCUT2D eigenvalue weighted by Gasteiger charge is -2.40. The molecule has 0 aliphatic carbocycles. The molecule has 0 aromatic carbocycles. The lowest BCUT2D eigenvalue weighted by atomic mass is 10.1. The highest BCUT2D eigenvalue weighted by Gasteiger charge is 2.38. The van der Waals surface area contributed by atoms with Gasteiger partial charge in [0.2, 0.25) is 0 Å². The normalized spacial score (nSPS) is 12.2. The van der Waals surface area contributed by atoms with Crippen LogP contribution in [0.3, 0.4) is 0 Å². The third-order valence-corrected chi connectivity index (χ3v) is 10.1. The minimum Gasteiger partial charge on any atom is -1.00 e. The van der Waals surface area contributed by atoms with E-state index in [9.17, 15) is 0 Å². The molecule has 202 valence electrons. The second kappa shape index (κ2) is 24.5. The minimum absolute atomic E-state index is 0. The molecule has 0 atom stereocenters. The summed E-state index contributed by atoms with van der Waals surface area (Å²) in [6, 6.07) is 0.929. The first-order chi connectivity index (χ1) is 15.6. The van der Waals surface area contributed by atoms with Crippen LogP contribution in [-0.4, -0.2) is 60.8 Å². The molecule has 0 aliphatic rings. The van der Waals surface area contributed by atoms with E-state index in [1.807, 2.05) is 0 Å². The summed E-state index contributed by atoms with van der Waals surface area (Å²) in [5, 5.41) is 0. The van der Waals surface area contributed by atoms with Crippen LogP contribution in [0.5, 0.6) is 0 Å². The number of quaternary nitrogens is 1. The third-order valence-electron chi connectivity index (χ3n) is 7.26. The van der Waals surface area contributed by atoms with Crippen molar-refractivity contribution in [2.45, 2.75) is 130 Å². The number of hydrogen-bond acceptors (Lipinski definition) is 3. The second-order valence-electron chi connectivity index (χ2n) is 9.88. The average Bonchev–Trinajstić information content (AvgIpc) is 2.81. The largest absolute Gasteiger partial charge is 1.00 e. The van der Waals surface area contributed by atoms with Crippen LogP contribution in [0.2, 0.25) is 6.04 Å². The fraction of sp³-hybridized carbons (Fsp3) is 1.00. The monoisotopic (exact) mass is 601 g/mol. The highest BCUT2D eigenvalue weighted by molar-refractivity contribution is 6.60. The van der Waals surface area contributed by atoms with Crippen molar-refractivity contribution in [3.8, 4) is 0 Å². The highest BCUT2D eigenvalue weighted by atomic mass is 127. The van der Waals surface area contributed by atoms with Crippen molar-refractivity contribution in [3.05, 3.63) is 0 Å². The van der Waals surface area contributed by atoms with Gasteiger partial charge in [-0.15, -0.1) is 0 Å². The Morgan fingerprint density at radius 2 is 0.758 bits per heavy atom. The molecule has 0 unspecified atom stereocenters. The molecule has 0 aromatic heterocycles. The van der Waals surface area contributed by atoms with Crippen LogP contribution in [0.25, 0.3) is 0 Å². The molecule has 0 bridgehead atoms. The Bertz CT molecular complexity index is 353. The van der Waals surface area contributed by atoms with Gasteiger partial charge in [-0.05, 0) is 38.5 Å². The summed E-state index contributed by atoms with van der Waals surface area (Å²) < 4.78 is 18.5. The van der Waals surface area contributed by atoms with E-state index in [0.717, 1.165) is 12.5 Å². The van der Waals surface area contributed by atoms with E-state index < -0.39 is 8.80 Å². The zero-order valence-corrected chi connectivity index (χ0v) is 26.6. The topological polar surface area (TPSA) is 27.7 Å². The van der Waals surface area contributed by atoms with E-state index in [-0.39, 0.29) is 24.0 Å². The summed E-state index contributed by atoms with van der Waals surface area (Å²) in [6.07, 6.45) is 21.8. The van der Waals surface area contributed by atoms with Gasteiger partial charge in [-0.25, -0.2) is 0 Å². The Balaban J connectivity index is 0. The molecule has 4 nitrogen and oxygen atoms in total. The van der Waals surface area contributed by atoms with Crippen LogP contribution in [0.15, 0.2) is 0 Å². The second-order valence-corrected chi connectivity index (χ2v) is 13.0. The van der Waals surface area contributed by atoms with Crippen molar-refractivity contribution in [2.24, 2.45) is 0 Å². The molecule has 0 aromatic rings. The van der Waals surface area contributed by atoms with Crippen molar-refractivity contribution in [2.75, 3.05) is 47.5 Å². The standard InChI is InChI=1S/C27H60NO3Si.HI/c1-7-10-13-16-19-23-28(24-20-17-14-11-8-2,25-21-18-15-12-9-3)26-22-27-32(29-4,30-5)31-6;/h7-27H2,1-6H3;1H/q+1;/p-1. The molecule has 0 amide bonds. The molecule has 0 spiro atoms. The molecule has 0 N–H and O–H groups in total. The summed E-state index contributed by atoms with van der Waals surface area (Å²) in [7, 11) is 2.77. The molecule has 0 saturated carbocycles. The van der Waals surface area contributed by atoms with Crippen molar-refractivity contribution < 1.29 is 41.7 Å². The zero-order valence-electron chi connectivity index (χ0n) is 23.4. The van der Waals surface area contributed by atoms with E-state index >= 15 is 0 Å². The van der Waals surface area contributed by atoms with Crippen molar-refractivity contribution >= 4 is 8.80 Å². The molecule has 0 radical (unpaired) electrons. The van der Waals surface area contributed by atoms with E-state index in [4.69, 9.17) is 13.3 Å². The quantitative estimate of drug-likeness (QED) is 0.0639. The van der Waals surface area contributed by atoms with Gasteiger partial charge in [0.05, 0.1) is 26.2 Å². The van der Waals surface area contributed by atoms with Gasteiger partial charge in [0, 0.05) is 33.8 Å². The predicted octanol–water partition coefficient (Wildman–Crippen LogP) is 4.99. The molecule has 0 heterocycles. The van der Waals surface area contributed by atoms with E-state index in [1.54, 1.807) is 21.3 Å². The molecule has 0 saturated heterocycles. The van der Waals surface area contributed by atoms with Crippen LogP contribution < -0.4 is 24.0 Å². The fourth-order valence-corrected chi connectivity index (χ4v) is 6.71. The summed E-state index contributed by atoms with van der Waals surface area (Å²) in [6.45, 7) is 12.2. The average molecular weight is 602 g/mol. The van der Waals surface area contributed by atoms with Gasteiger partial charge in [0.1, 0.15) is 0 Å². The third kappa shape index (κ3) is 17.8. The van der Waals surface area contributed by atoms with Crippen molar-refractivity contribution in [1.82, 2.24) is 0 Å². The molecule has 33 heavy (non-hydrogen) atoms. The first kappa shape index (κ1) is 35.9. The van der Waals surface area contributed by atoms with E-state index in [2.05, 4.69) is 20.8 Å². The van der Waals surface area contributed by atoms with Gasteiger partial charge in [0.15, 0.2) is 0 Å². The fourth-order valence-electron chi connectivity index (χ4n) is 5.01. The van der Waals surface area contributed by atoms with Crippen molar-refractivity contribution in [3.63, 3.8) is 0 Å². The van der Waals surface area contributed by atoms with Crippen LogP contribution in [-0.2, 0) is 13.3 Å². The van der Waals surface area contributed by atoms with E-state index in [1.165, 1.54) is 127 Å². The SMILES string of the molecule is CCCCCCC[N+](CCCCCCC)(CCCCCCC)CCC[Si](OC)(OC)OC.[I-]. The lowest BCUT2D eigenvalue weighted by molar-refractivity contribution is -0.929. The van der Waals surface area contributed by atoms with Crippen LogP contribution >= 0.6 is 0 Å². The lowest BCUT2D eigenvalue weighted by Crippen LogP contribution is -3.00. The highest BCUT2D eigenvalue weighted by Crippen LogP contribution is 2.22. The van der Waals surface area contributed by atoms with Crippen molar-refractivity contribution in [1.29, 1.82) is 0 Å². The van der Waals surface area contributed by atoms with Gasteiger partial charge in [-0.2, -0.15) is 0 Å². The molecule has 0 rings (SSSR count). The molecule has 0 fully saturated rings. The Labute approximate surface area is 226 Å². The number of halogens is 1. The maximum absolute atomic E-state index is 5.71. The van der Waals surface area contributed by atoms with Gasteiger partial charge >= 0.3 is 8.80 Å². The maximum atomic E-state index is 5.71. The summed E-state index contributed by atoms with van der Waals surface area (Å²) in [5.41, 5.74) is 0. The Kier molecular flexibility index (Phi) is 26.7.